The van der Waals surface area contributed by atoms with Crippen LogP contribution in [0.15, 0.2) is 30.3 Å². The summed E-state index contributed by atoms with van der Waals surface area (Å²) in [5.74, 6) is 1.63. The number of methoxy groups -OCH3 is 2. The molecule has 0 spiro atoms. The fourth-order valence-corrected chi connectivity index (χ4v) is 3.64. The normalized spacial score (nSPS) is 13.1. The van der Waals surface area contributed by atoms with Gasteiger partial charge in [-0.05, 0) is 66.8 Å². The Morgan fingerprint density at radius 3 is 2.26 bits per heavy atom. The molecule has 0 unspecified atom stereocenters. The van der Waals surface area contributed by atoms with E-state index in [1.165, 1.54) is 16.7 Å². The van der Waals surface area contributed by atoms with Crippen LogP contribution in [0.1, 0.15) is 28.7 Å². The van der Waals surface area contributed by atoms with Crippen molar-refractivity contribution in [2.75, 3.05) is 32.6 Å². The van der Waals surface area contributed by atoms with Crippen LogP contribution in [0, 0.1) is 13.8 Å². The second-order valence-corrected chi connectivity index (χ2v) is 7.09. The average molecular weight is 368 g/mol. The molecular formula is C22H28N2O3. The molecule has 0 aromatic heterocycles. The van der Waals surface area contributed by atoms with Crippen molar-refractivity contribution < 1.29 is 14.3 Å². The molecule has 3 rings (SSSR count). The standard InChI is InChI=1S/C22H28N2O3/c1-15-9-16(2)11-19(10-15)23-7-5-22(25)24-8-6-17-12-20(26-3)21(27-4)13-18(17)14-24/h9-13,23H,5-8,14H2,1-4H3. The van der Waals surface area contributed by atoms with Crippen molar-refractivity contribution in [3.8, 4) is 11.5 Å². The third kappa shape index (κ3) is 4.54. The predicted molar refractivity (Wildman–Crippen MR) is 108 cm³/mol. The molecule has 1 N–H and O–H groups in total. The summed E-state index contributed by atoms with van der Waals surface area (Å²) in [5, 5.41) is 3.36. The van der Waals surface area contributed by atoms with E-state index in [2.05, 4.69) is 37.4 Å². The van der Waals surface area contributed by atoms with Crippen molar-refractivity contribution >= 4 is 11.6 Å². The van der Waals surface area contributed by atoms with Crippen LogP contribution in [-0.4, -0.2) is 38.1 Å². The van der Waals surface area contributed by atoms with E-state index in [1.807, 2.05) is 17.0 Å². The Morgan fingerprint density at radius 2 is 1.63 bits per heavy atom. The van der Waals surface area contributed by atoms with Crippen LogP contribution in [0.5, 0.6) is 11.5 Å². The lowest BCUT2D eigenvalue weighted by Crippen LogP contribution is -2.36. The summed E-state index contributed by atoms with van der Waals surface area (Å²) in [6.45, 7) is 6.16. The Labute approximate surface area is 161 Å². The number of ether oxygens (including phenoxy) is 2. The van der Waals surface area contributed by atoms with Gasteiger partial charge in [-0.3, -0.25) is 4.79 Å². The molecule has 2 aromatic rings. The Kier molecular flexibility index (Phi) is 5.89. The minimum atomic E-state index is 0.173. The van der Waals surface area contributed by atoms with Gasteiger partial charge in [0.25, 0.3) is 0 Å². The predicted octanol–water partition coefficient (Wildman–Crippen LogP) is 3.71. The van der Waals surface area contributed by atoms with Crippen LogP contribution in [-0.2, 0) is 17.8 Å². The van der Waals surface area contributed by atoms with Crippen LogP contribution >= 0.6 is 0 Å². The van der Waals surface area contributed by atoms with E-state index < -0.39 is 0 Å². The first-order valence-electron chi connectivity index (χ1n) is 9.34. The van der Waals surface area contributed by atoms with Crippen molar-refractivity contribution in [3.63, 3.8) is 0 Å². The number of aryl methyl sites for hydroxylation is 2. The van der Waals surface area contributed by atoms with E-state index in [4.69, 9.17) is 9.47 Å². The number of benzene rings is 2. The van der Waals surface area contributed by atoms with Gasteiger partial charge in [-0.2, -0.15) is 0 Å². The van der Waals surface area contributed by atoms with Gasteiger partial charge in [-0.1, -0.05) is 6.07 Å². The lowest BCUT2D eigenvalue weighted by atomic mass is 9.98. The Bertz CT molecular complexity index is 812. The van der Waals surface area contributed by atoms with E-state index in [0.717, 1.165) is 30.0 Å². The Morgan fingerprint density at radius 1 is 1.00 bits per heavy atom. The van der Waals surface area contributed by atoms with Gasteiger partial charge in [0.2, 0.25) is 5.91 Å². The first-order valence-corrected chi connectivity index (χ1v) is 9.34. The fourth-order valence-electron chi connectivity index (χ4n) is 3.64. The number of carbonyl (C=O) groups is 1. The summed E-state index contributed by atoms with van der Waals surface area (Å²) < 4.78 is 10.8. The first-order chi connectivity index (χ1) is 13.0. The monoisotopic (exact) mass is 368 g/mol. The highest BCUT2D eigenvalue weighted by atomic mass is 16.5. The van der Waals surface area contributed by atoms with Crippen molar-refractivity contribution in [1.82, 2.24) is 4.90 Å². The second kappa shape index (κ2) is 8.33. The molecule has 2 aromatic carbocycles. The van der Waals surface area contributed by atoms with Crippen molar-refractivity contribution in [3.05, 3.63) is 52.6 Å². The molecule has 0 saturated carbocycles. The molecule has 1 amide bonds. The zero-order valence-electron chi connectivity index (χ0n) is 16.6. The number of carbonyl (C=O) groups excluding carboxylic acids is 1. The van der Waals surface area contributed by atoms with Gasteiger partial charge in [0, 0.05) is 31.7 Å². The number of amides is 1. The molecule has 5 nitrogen and oxygen atoms in total. The van der Waals surface area contributed by atoms with Gasteiger partial charge in [0.15, 0.2) is 11.5 Å². The third-order valence-corrected chi connectivity index (χ3v) is 4.96. The number of hydrogen-bond acceptors (Lipinski definition) is 4. The highest BCUT2D eigenvalue weighted by molar-refractivity contribution is 5.77. The molecule has 0 saturated heterocycles. The molecule has 0 fully saturated rings. The van der Waals surface area contributed by atoms with Crippen LogP contribution in [0.2, 0.25) is 0 Å². The second-order valence-electron chi connectivity index (χ2n) is 7.09. The lowest BCUT2D eigenvalue weighted by Gasteiger charge is -2.29. The summed E-state index contributed by atoms with van der Waals surface area (Å²) in [7, 11) is 3.28. The maximum Gasteiger partial charge on any atom is 0.224 e. The minimum Gasteiger partial charge on any atom is -0.493 e. The Balaban J connectivity index is 1.59. The van der Waals surface area contributed by atoms with Crippen molar-refractivity contribution in [1.29, 1.82) is 0 Å². The van der Waals surface area contributed by atoms with E-state index in [1.54, 1.807) is 14.2 Å². The third-order valence-electron chi connectivity index (χ3n) is 4.96. The topological polar surface area (TPSA) is 50.8 Å². The molecule has 1 aliphatic rings. The highest BCUT2D eigenvalue weighted by Gasteiger charge is 2.22. The molecular weight excluding hydrogens is 340 g/mol. The van der Waals surface area contributed by atoms with E-state index >= 15 is 0 Å². The summed E-state index contributed by atoms with van der Waals surface area (Å²) in [6, 6.07) is 10.4. The van der Waals surface area contributed by atoms with Crippen LogP contribution < -0.4 is 14.8 Å². The number of nitrogens with one attached hydrogen (secondary N) is 1. The van der Waals surface area contributed by atoms with Crippen LogP contribution in [0.3, 0.4) is 0 Å². The maximum absolute atomic E-state index is 12.6. The van der Waals surface area contributed by atoms with Gasteiger partial charge in [-0.15, -0.1) is 0 Å². The lowest BCUT2D eigenvalue weighted by molar-refractivity contribution is -0.131. The number of rotatable bonds is 6. The number of hydrogen-bond donors (Lipinski definition) is 1. The maximum atomic E-state index is 12.6. The van der Waals surface area contributed by atoms with Crippen molar-refractivity contribution in [2.45, 2.75) is 33.2 Å². The van der Waals surface area contributed by atoms with Gasteiger partial charge in [0.05, 0.1) is 14.2 Å². The molecule has 0 bridgehead atoms. The van der Waals surface area contributed by atoms with E-state index in [9.17, 15) is 4.79 Å². The van der Waals surface area contributed by atoms with Crippen molar-refractivity contribution in [2.24, 2.45) is 0 Å². The molecule has 0 radical (unpaired) electrons. The zero-order valence-corrected chi connectivity index (χ0v) is 16.6. The number of nitrogens with zero attached hydrogens (tertiary/aromatic N) is 1. The summed E-state index contributed by atoms with van der Waals surface area (Å²) in [5.41, 5.74) is 5.88. The molecule has 144 valence electrons. The molecule has 0 atom stereocenters. The molecule has 0 aliphatic carbocycles. The van der Waals surface area contributed by atoms with Crippen LogP contribution in [0.25, 0.3) is 0 Å². The quantitative estimate of drug-likeness (QED) is 0.845. The molecule has 5 heteroatoms. The summed E-state index contributed by atoms with van der Waals surface area (Å²) >= 11 is 0. The van der Waals surface area contributed by atoms with Gasteiger partial charge in [-0.25, -0.2) is 0 Å². The first kappa shape index (κ1) is 19.1. The SMILES string of the molecule is COc1cc2c(cc1OC)CN(C(=O)CCNc1cc(C)cc(C)c1)CC2. The molecule has 27 heavy (non-hydrogen) atoms. The minimum absolute atomic E-state index is 0.173. The highest BCUT2D eigenvalue weighted by Crippen LogP contribution is 2.33. The summed E-state index contributed by atoms with van der Waals surface area (Å²) in [4.78, 5) is 14.6. The van der Waals surface area contributed by atoms with E-state index in [-0.39, 0.29) is 5.91 Å². The van der Waals surface area contributed by atoms with Gasteiger partial charge >= 0.3 is 0 Å². The fraction of sp³-hybridized carbons (Fsp3) is 0.409. The van der Waals surface area contributed by atoms with Crippen LogP contribution in [0.4, 0.5) is 5.69 Å². The number of anilines is 1. The zero-order chi connectivity index (χ0) is 19.4. The smallest absolute Gasteiger partial charge is 0.224 e. The van der Waals surface area contributed by atoms with Gasteiger partial charge in [0.1, 0.15) is 0 Å². The largest absolute Gasteiger partial charge is 0.493 e. The van der Waals surface area contributed by atoms with Gasteiger partial charge < -0.3 is 19.7 Å². The molecule has 1 heterocycles. The number of fused-ring (bicyclic) bond motifs is 1. The average Bonchev–Trinajstić information content (AvgIpc) is 2.65. The van der Waals surface area contributed by atoms with E-state index in [0.29, 0.717) is 25.3 Å². The molecule has 1 aliphatic heterocycles. The Hall–Kier alpha value is -2.69. The summed E-state index contributed by atoms with van der Waals surface area (Å²) in [6.07, 6.45) is 1.32.